The van der Waals surface area contributed by atoms with Gasteiger partial charge in [0, 0.05) is 0 Å². The lowest BCUT2D eigenvalue weighted by Gasteiger charge is -2.51. The standard InChI is InChI=1S/C14H24N4O6/c19-9-15-11(21)5-1-2-6-12(11,22)16-10(20)18-14(24)8-4-3-7-13(14,23)17-9/h21-24H,1-8H2,(H2,15,17,19)(H2,16,18,20). The van der Waals surface area contributed by atoms with E-state index >= 15 is 0 Å². The first-order valence-electron chi connectivity index (χ1n) is 8.22. The zero-order chi connectivity index (χ0) is 17.6. The Labute approximate surface area is 138 Å². The lowest BCUT2D eigenvalue weighted by molar-refractivity contribution is -0.215. The molecular formula is C14H24N4O6. The van der Waals surface area contributed by atoms with Gasteiger partial charge in [-0.1, -0.05) is 0 Å². The maximum absolute atomic E-state index is 12.3. The van der Waals surface area contributed by atoms with Crippen LogP contribution in [0.15, 0.2) is 0 Å². The van der Waals surface area contributed by atoms with Gasteiger partial charge >= 0.3 is 12.1 Å². The summed E-state index contributed by atoms with van der Waals surface area (Å²) in [6.07, 6.45) is 2.26. The van der Waals surface area contributed by atoms with Gasteiger partial charge in [-0.25, -0.2) is 9.59 Å². The Bertz CT molecular complexity index is 469. The molecule has 3 rings (SSSR count). The van der Waals surface area contributed by atoms with Gasteiger partial charge in [-0.15, -0.1) is 0 Å². The number of hydrogen-bond donors (Lipinski definition) is 8. The van der Waals surface area contributed by atoms with Crippen LogP contribution in [-0.4, -0.2) is 55.4 Å². The predicted octanol–water partition coefficient (Wildman–Crippen LogP) is -1.50. The van der Waals surface area contributed by atoms with E-state index in [0.717, 1.165) is 0 Å². The third-order valence-corrected chi connectivity index (χ3v) is 5.30. The molecule has 24 heavy (non-hydrogen) atoms. The molecule has 3 aliphatic rings. The summed E-state index contributed by atoms with van der Waals surface area (Å²) in [5.41, 5.74) is -8.36. The number of urea groups is 2. The highest BCUT2D eigenvalue weighted by molar-refractivity contribution is 5.79. The lowest BCUT2D eigenvalue weighted by atomic mass is 9.81. The molecule has 0 radical (unpaired) electrons. The number of aliphatic hydroxyl groups is 4. The van der Waals surface area contributed by atoms with Crippen LogP contribution in [0.5, 0.6) is 0 Å². The summed E-state index contributed by atoms with van der Waals surface area (Å²) >= 11 is 0. The zero-order valence-corrected chi connectivity index (χ0v) is 13.3. The third kappa shape index (κ3) is 2.59. The third-order valence-electron chi connectivity index (χ3n) is 5.30. The van der Waals surface area contributed by atoms with E-state index < -0.39 is 35.0 Å². The number of nitrogens with one attached hydrogen (secondary N) is 4. The van der Waals surface area contributed by atoms with Gasteiger partial charge in [0.05, 0.1) is 0 Å². The fourth-order valence-corrected chi connectivity index (χ4v) is 3.83. The minimum absolute atomic E-state index is 0.0277. The molecule has 136 valence electrons. The van der Waals surface area contributed by atoms with Crippen molar-refractivity contribution in [2.45, 2.75) is 74.3 Å². The van der Waals surface area contributed by atoms with Crippen LogP contribution in [0.3, 0.4) is 0 Å². The first-order chi connectivity index (χ1) is 11.1. The molecule has 10 heteroatoms. The van der Waals surface area contributed by atoms with Gasteiger partial charge in [0.15, 0.2) is 22.9 Å². The first kappa shape index (κ1) is 17.2. The number of carbonyl (C=O) groups is 2. The molecule has 0 spiro atoms. The first-order valence-corrected chi connectivity index (χ1v) is 8.22. The summed E-state index contributed by atoms with van der Waals surface area (Å²) in [5.74, 6) is 0. The normalized spacial score (nSPS) is 46.3. The highest BCUT2D eigenvalue weighted by atomic mass is 16.4. The van der Waals surface area contributed by atoms with Crippen molar-refractivity contribution in [3.8, 4) is 0 Å². The molecule has 2 saturated carbocycles. The molecule has 1 saturated heterocycles. The van der Waals surface area contributed by atoms with Crippen LogP contribution in [-0.2, 0) is 0 Å². The fraction of sp³-hybridized carbons (Fsp3) is 0.857. The largest absolute Gasteiger partial charge is 0.367 e. The average molecular weight is 344 g/mol. The number of rotatable bonds is 0. The Balaban J connectivity index is 1.97. The van der Waals surface area contributed by atoms with Crippen LogP contribution in [0.4, 0.5) is 9.59 Å². The Morgan fingerprint density at radius 2 is 0.750 bits per heavy atom. The van der Waals surface area contributed by atoms with Crippen LogP contribution in [0.25, 0.3) is 0 Å². The summed E-state index contributed by atoms with van der Waals surface area (Å²) in [6, 6.07) is -1.89. The van der Waals surface area contributed by atoms with Crippen molar-refractivity contribution in [3.05, 3.63) is 0 Å². The monoisotopic (exact) mass is 344 g/mol. The maximum Gasteiger partial charge on any atom is 0.319 e. The van der Waals surface area contributed by atoms with Crippen LogP contribution in [0.2, 0.25) is 0 Å². The molecule has 10 nitrogen and oxygen atoms in total. The number of carbonyl (C=O) groups excluding carboxylic acids is 2. The highest BCUT2D eigenvalue weighted by Gasteiger charge is 2.58. The van der Waals surface area contributed by atoms with Crippen molar-refractivity contribution in [2.75, 3.05) is 0 Å². The molecule has 1 aliphatic heterocycles. The molecule has 0 aromatic heterocycles. The van der Waals surface area contributed by atoms with Crippen LogP contribution >= 0.6 is 0 Å². The smallest absolute Gasteiger partial charge is 0.319 e. The Hall–Kier alpha value is -1.62. The van der Waals surface area contributed by atoms with Crippen molar-refractivity contribution in [1.29, 1.82) is 0 Å². The van der Waals surface area contributed by atoms with Gasteiger partial charge in [-0.05, 0) is 51.4 Å². The van der Waals surface area contributed by atoms with Crippen LogP contribution in [0.1, 0.15) is 51.4 Å². The second-order valence-electron chi connectivity index (χ2n) is 7.01. The van der Waals surface area contributed by atoms with Gasteiger partial charge in [0.25, 0.3) is 0 Å². The second-order valence-corrected chi connectivity index (χ2v) is 7.01. The fourth-order valence-electron chi connectivity index (χ4n) is 3.83. The van der Waals surface area contributed by atoms with E-state index in [4.69, 9.17) is 0 Å². The summed E-state index contributed by atoms with van der Waals surface area (Å²) in [6.45, 7) is 0. The SMILES string of the molecule is O=C1NC2(O)CCCCC2(O)NC(=O)NC2(O)CCCCC2(O)N1. The quantitative estimate of drug-likeness (QED) is 0.266. The molecular weight excluding hydrogens is 320 g/mol. The van der Waals surface area contributed by atoms with Gasteiger partial charge in [0.1, 0.15) is 0 Å². The van der Waals surface area contributed by atoms with E-state index in [0.29, 0.717) is 25.7 Å². The highest BCUT2D eigenvalue weighted by Crippen LogP contribution is 2.37. The Kier molecular flexibility index (Phi) is 3.91. The lowest BCUT2D eigenvalue weighted by Crippen LogP contribution is -2.81. The molecule has 4 atom stereocenters. The molecule has 0 bridgehead atoms. The second kappa shape index (κ2) is 5.45. The van der Waals surface area contributed by atoms with Crippen LogP contribution < -0.4 is 21.3 Å². The minimum Gasteiger partial charge on any atom is -0.367 e. The molecule has 4 amide bonds. The van der Waals surface area contributed by atoms with E-state index in [9.17, 15) is 30.0 Å². The Morgan fingerprint density at radius 3 is 0.958 bits per heavy atom. The van der Waals surface area contributed by atoms with E-state index in [1.54, 1.807) is 0 Å². The van der Waals surface area contributed by atoms with Crippen molar-refractivity contribution in [2.24, 2.45) is 0 Å². The molecule has 2 aliphatic carbocycles. The van der Waals surface area contributed by atoms with E-state index in [1.807, 2.05) is 0 Å². The minimum atomic E-state index is -2.09. The van der Waals surface area contributed by atoms with Gasteiger partial charge in [-0.2, -0.15) is 0 Å². The predicted molar refractivity (Wildman–Crippen MR) is 80.1 cm³/mol. The van der Waals surface area contributed by atoms with E-state index in [-0.39, 0.29) is 25.7 Å². The van der Waals surface area contributed by atoms with Gasteiger partial charge in [0.2, 0.25) is 0 Å². The van der Waals surface area contributed by atoms with Gasteiger partial charge < -0.3 is 41.7 Å². The maximum atomic E-state index is 12.3. The summed E-state index contributed by atoms with van der Waals surface area (Å²) in [7, 11) is 0. The summed E-state index contributed by atoms with van der Waals surface area (Å²) in [5, 5.41) is 51.8. The molecule has 4 unspecified atom stereocenters. The number of hydrogen-bond acceptors (Lipinski definition) is 6. The van der Waals surface area contributed by atoms with E-state index in [1.165, 1.54) is 0 Å². The average Bonchev–Trinajstić information content (AvgIpc) is 2.44. The van der Waals surface area contributed by atoms with E-state index in [2.05, 4.69) is 21.3 Å². The van der Waals surface area contributed by atoms with Crippen molar-refractivity contribution >= 4 is 12.1 Å². The number of amides is 4. The summed E-state index contributed by atoms with van der Waals surface area (Å²) < 4.78 is 0. The number of fused-ring (bicyclic) bond motifs is 2. The molecule has 3 fully saturated rings. The summed E-state index contributed by atoms with van der Waals surface area (Å²) in [4.78, 5) is 24.6. The molecule has 1 heterocycles. The molecule has 8 N–H and O–H groups in total. The van der Waals surface area contributed by atoms with Crippen molar-refractivity contribution < 1.29 is 30.0 Å². The zero-order valence-electron chi connectivity index (χ0n) is 13.3. The van der Waals surface area contributed by atoms with Gasteiger partial charge in [-0.3, -0.25) is 0 Å². The Morgan fingerprint density at radius 1 is 0.542 bits per heavy atom. The van der Waals surface area contributed by atoms with Crippen molar-refractivity contribution in [1.82, 2.24) is 21.3 Å². The topological polar surface area (TPSA) is 163 Å². The molecule has 0 aromatic rings. The van der Waals surface area contributed by atoms with Crippen molar-refractivity contribution in [3.63, 3.8) is 0 Å². The van der Waals surface area contributed by atoms with Crippen LogP contribution in [0, 0.1) is 0 Å². The molecule has 0 aromatic carbocycles.